The number of H-pyrrole nitrogens is 1. The van der Waals surface area contributed by atoms with Crippen LogP contribution in [0.1, 0.15) is 42.1 Å². The van der Waals surface area contributed by atoms with Gasteiger partial charge in [-0.2, -0.15) is 10.2 Å². The largest absolute Gasteiger partial charge is 0.480 e. The van der Waals surface area contributed by atoms with Crippen molar-refractivity contribution in [3.8, 4) is 11.3 Å². The predicted molar refractivity (Wildman–Crippen MR) is 88.6 cm³/mol. The van der Waals surface area contributed by atoms with Crippen molar-refractivity contribution < 1.29 is 14.7 Å². The number of carboxylic acids is 1. The molecular weight excluding hydrogens is 310 g/mol. The number of rotatable bonds is 6. The molecule has 3 N–H and O–H groups in total. The van der Waals surface area contributed by atoms with Gasteiger partial charge in [-0.15, -0.1) is 0 Å². The molecule has 0 radical (unpaired) electrons. The van der Waals surface area contributed by atoms with E-state index < -0.39 is 17.9 Å². The fourth-order valence-electron chi connectivity index (χ4n) is 2.64. The van der Waals surface area contributed by atoms with Crippen LogP contribution >= 0.6 is 0 Å². The van der Waals surface area contributed by atoms with Crippen LogP contribution in [0.4, 0.5) is 0 Å². The Morgan fingerprint density at radius 3 is 2.54 bits per heavy atom. The van der Waals surface area contributed by atoms with Crippen LogP contribution in [0, 0.1) is 19.8 Å². The van der Waals surface area contributed by atoms with Gasteiger partial charge < -0.3 is 10.4 Å². The minimum absolute atomic E-state index is 0.157. The maximum absolute atomic E-state index is 12.3. The van der Waals surface area contributed by atoms with Crippen LogP contribution in [-0.4, -0.2) is 43.0 Å². The number of hydrogen-bond donors (Lipinski definition) is 3. The van der Waals surface area contributed by atoms with Crippen LogP contribution in [0.2, 0.25) is 0 Å². The highest BCUT2D eigenvalue weighted by molar-refractivity contribution is 5.95. The van der Waals surface area contributed by atoms with E-state index in [-0.39, 0.29) is 11.6 Å². The first-order valence-electron chi connectivity index (χ1n) is 7.80. The third-order valence-corrected chi connectivity index (χ3v) is 3.90. The van der Waals surface area contributed by atoms with Crippen LogP contribution < -0.4 is 5.32 Å². The Morgan fingerprint density at radius 2 is 2.04 bits per heavy atom. The molecule has 0 fully saturated rings. The molecule has 0 aliphatic rings. The molecule has 0 spiro atoms. The number of amides is 1. The van der Waals surface area contributed by atoms with Crippen molar-refractivity contribution in [3.05, 3.63) is 23.1 Å². The Kier molecular flexibility index (Phi) is 5.06. The van der Waals surface area contributed by atoms with Crippen LogP contribution in [0.5, 0.6) is 0 Å². The summed E-state index contributed by atoms with van der Waals surface area (Å²) in [4.78, 5) is 23.6. The van der Waals surface area contributed by atoms with E-state index in [2.05, 4.69) is 20.6 Å². The summed E-state index contributed by atoms with van der Waals surface area (Å²) >= 11 is 0. The van der Waals surface area contributed by atoms with Gasteiger partial charge >= 0.3 is 5.97 Å². The molecular formula is C16H23N5O3. The highest BCUT2D eigenvalue weighted by Crippen LogP contribution is 2.25. The third-order valence-electron chi connectivity index (χ3n) is 3.90. The van der Waals surface area contributed by atoms with Gasteiger partial charge in [0.15, 0.2) is 0 Å². The summed E-state index contributed by atoms with van der Waals surface area (Å²) in [7, 11) is 1.84. The topological polar surface area (TPSA) is 113 Å². The molecule has 24 heavy (non-hydrogen) atoms. The zero-order valence-electron chi connectivity index (χ0n) is 14.5. The molecule has 2 aromatic rings. The van der Waals surface area contributed by atoms with Gasteiger partial charge in [-0.05, 0) is 32.3 Å². The second-order valence-corrected chi connectivity index (χ2v) is 6.33. The van der Waals surface area contributed by atoms with E-state index >= 15 is 0 Å². The SMILES string of the molecule is Cc1nn(C)c(C)c1-c1cc(C(=O)NC(CC(C)C)C(=O)O)[nH]n1. The summed E-state index contributed by atoms with van der Waals surface area (Å²) in [6.45, 7) is 7.61. The van der Waals surface area contributed by atoms with Gasteiger partial charge in [0.25, 0.3) is 5.91 Å². The second-order valence-electron chi connectivity index (χ2n) is 6.33. The lowest BCUT2D eigenvalue weighted by molar-refractivity contribution is -0.139. The number of aliphatic carboxylic acids is 1. The molecule has 2 heterocycles. The molecule has 130 valence electrons. The van der Waals surface area contributed by atoms with E-state index in [9.17, 15) is 14.7 Å². The molecule has 0 aliphatic heterocycles. The van der Waals surface area contributed by atoms with Crippen LogP contribution in [0.3, 0.4) is 0 Å². The maximum Gasteiger partial charge on any atom is 0.326 e. The van der Waals surface area contributed by atoms with E-state index in [0.29, 0.717) is 12.1 Å². The lowest BCUT2D eigenvalue weighted by atomic mass is 10.0. The van der Waals surface area contributed by atoms with E-state index in [1.54, 1.807) is 10.7 Å². The van der Waals surface area contributed by atoms with Crippen LogP contribution in [0.15, 0.2) is 6.07 Å². The summed E-state index contributed by atoms with van der Waals surface area (Å²) in [5, 5.41) is 22.9. The number of carbonyl (C=O) groups is 2. The highest BCUT2D eigenvalue weighted by atomic mass is 16.4. The number of nitrogens with zero attached hydrogens (tertiary/aromatic N) is 3. The molecule has 1 unspecified atom stereocenters. The molecule has 0 aliphatic carbocycles. The van der Waals surface area contributed by atoms with Crippen molar-refractivity contribution in [3.63, 3.8) is 0 Å². The zero-order valence-corrected chi connectivity index (χ0v) is 14.5. The predicted octanol–water partition coefficient (Wildman–Crippen LogP) is 1.66. The number of aromatic nitrogens is 4. The monoisotopic (exact) mass is 333 g/mol. The van der Waals surface area contributed by atoms with E-state index in [1.165, 1.54) is 0 Å². The van der Waals surface area contributed by atoms with Crippen LogP contribution in [0.25, 0.3) is 11.3 Å². The maximum atomic E-state index is 12.3. The molecule has 1 atom stereocenters. The zero-order chi connectivity index (χ0) is 18.0. The molecule has 8 heteroatoms. The quantitative estimate of drug-likeness (QED) is 0.744. The normalized spacial score (nSPS) is 12.4. The Balaban J connectivity index is 2.20. The van der Waals surface area contributed by atoms with Crippen molar-refractivity contribution in [2.45, 2.75) is 40.2 Å². The molecule has 2 aromatic heterocycles. The molecule has 0 saturated carbocycles. The van der Waals surface area contributed by atoms with Gasteiger partial charge in [-0.1, -0.05) is 13.8 Å². The molecule has 0 aromatic carbocycles. The lowest BCUT2D eigenvalue weighted by Gasteiger charge is -2.15. The van der Waals surface area contributed by atoms with Crippen molar-refractivity contribution in [2.75, 3.05) is 0 Å². The minimum Gasteiger partial charge on any atom is -0.480 e. The molecule has 1 amide bonds. The van der Waals surface area contributed by atoms with Gasteiger partial charge in [0.05, 0.1) is 11.4 Å². The Morgan fingerprint density at radius 1 is 1.38 bits per heavy atom. The fourth-order valence-corrected chi connectivity index (χ4v) is 2.64. The number of carboxylic acid groups (broad SMARTS) is 1. The molecule has 2 rings (SSSR count). The summed E-state index contributed by atoms with van der Waals surface area (Å²) in [5.41, 5.74) is 3.46. The van der Waals surface area contributed by atoms with E-state index in [4.69, 9.17) is 0 Å². The first kappa shape index (κ1) is 17.7. The first-order valence-corrected chi connectivity index (χ1v) is 7.80. The Hall–Kier alpha value is -2.64. The van der Waals surface area contributed by atoms with Crippen molar-refractivity contribution in [1.82, 2.24) is 25.3 Å². The molecule has 0 bridgehead atoms. The summed E-state index contributed by atoms with van der Waals surface area (Å²) in [6, 6.07) is 0.687. The van der Waals surface area contributed by atoms with Gasteiger partial charge in [-0.25, -0.2) is 4.79 Å². The number of aromatic amines is 1. The number of nitrogens with one attached hydrogen (secondary N) is 2. The number of aryl methyl sites for hydroxylation is 2. The highest BCUT2D eigenvalue weighted by Gasteiger charge is 2.23. The van der Waals surface area contributed by atoms with Gasteiger partial charge in [0.1, 0.15) is 11.7 Å². The second kappa shape index (κ2) is 6.86. The Bertz CT molecular complexity index is 760. The minimum atomic E-state index is -1.05. The Labute approximate surface area is 140 Å². The number of hydrogen-bond acceptors (Lipinski definition) is 4. The van der Waals surface area contributed by atoms with Crippen molar-refractivity contribution in [2.24, 2.45) is 13.0 Å². The third kappa shape index (κ3) is 3.64. The first-order chi connectivity index (χ1) is 11.2. The van der Waals surface area contributed by atoms with E-state index in [0.717, 1.165) is 17.0 Å². The fraction of sp³-hybridized carbons (Fsp3) is 0.500. The number of carbonyl (C=O) groups excluding carboxylic acids is 1. The average Bonchev–Trinajstić information content (AvgIpc) is 3.03. The van der Waals surface area contributed by atoms with Crippen molar-refractivity contribution in [1.29, 1.82) is 0 Å². The van der Waals surface area contributed by atoms with E-state index in [1.807, 2.05) is 34.7 Å². The van der Waals surface area contributed by atoms with Crippen LogP contribution in [-0.2, 0) is 11.8 Å². The average molecular weight is 333 g/mol. The summed E-state index contributed by atoms with van der Waals surface area (Å²) in [5.74, 6) is -1.37. The lowest BCUT2D eigenvalue weighted by Crippen LogP contribution is -2.41. The van der Waals surface area contributed by atoms with Gasteiger partial charge in [0.2, 0.25) is 0 Å². The molecule has 8 nitrogen and oxygen atoms in total. The smallest absolute Gasteiger partial charge is 0.326 e. The van der Waals surface area contributed by atoms with Crippen molar-refractivity contribution >= 4 is 11.9 Å². The summed E-state index contributed by atoms with van der Waals surface area (Å²) in [6.07, 6.45) is 0.364. The standard InChI is InChI=1S/C16H23N5O3/c1-8(2)6-13(16(23)24)17-15(22)12-7-11(18-19-12)14-9(3)20-21(5)10(14)4/h7-8,13H,6H2,1-5H3,(H,17,22)(H,18,19)(H,23,24). The van der Waals surface area contributed by atoms with Gasteiger partial charge in [0, 0.05) is 18.3 Å². The van der Waals surface area contributed by atoms with Gasteiger partial charge in [-0.3, -0.25) is 14.6 Å². The molecule has 0 saturated heterocycles. The summed E-state index contributed by atoms with van der Waals surface area (Å²) < 4.78 is 1.75.